The van der Waals surface area contributed by atoms with Crippen molar-refractivity contribution in [2.24, 2.45) is 0 Å². The van der Waals surface area contributed by atoms with E-state index in [2.05, 4.69) is 135 Å². The zero-order valence-electron chi connectivity index (χ0n) is 49.8. The summed E-state index contributed by atoms with van der Waals surface area (Å²) in [5.41, 5.74) is 0. The van der Waals surface area contributed by atoms with E-state index in [0.29, 0.717) is 17.4 Å². The molecule has 0 rings (SSSR count). The number of nitrogens with zero attached hydrogens (tertiary/aromatic N) is 1. The Labute approximate surface area is 472 Å². The van der Waals surface area contributed by atoms with Gasteiger partial charge >= 0.3 is 17.9 Å². The molecule has 0 heterocycles. The van der Waals surface area contributed by atoms with Crippen LogP contribution in [-0.4, -0.2) is 87.4 Å². The van der Waals surface area contributed by atoms with Crippen LogP contribution in [0.5, 0.6) is 0 Å². The molecule has 0 fully saturated rings. The molecule has 0 amide bonds. The van der Waals surface area contributed by atoms with E-state index >= 15 is 0 Å². The Morgan fingerprint density at radius 2 is 0.701 bits per heavy atom. The van der Waals surface area contributed by atoms with Crippen LogP contribution in [0.3, 0.4) is 0 Å². The normalized spacial score (nSPS) is 13.6. The lowest BCUT2D eigenvalue weighted by Gasteiger charge is -2.25. The van der Waals surface area contributed by atoms with Gasteiger partial charge in [0, 0.05) is 12.8 Å². The molecule has 2 atom stereocenters. The molecule has 0 aliphatic rings. The van der Waals surface area contributed by atoms with E-state index in [1.165, 1.54) is 83.5 Å². The smallest absolute Gasteiger partial charge is 0.361 e. The molecular weight excluding hydrogens is 959 g/mol. The van der Waals surface area contributed by atoms with Crippen LogP contribution in [0.15, 0.2) is 122 Å². The van der Waals surface area contributed by atoms with Crippen LogP contribution in [0.4, 0.5) is 0 Å². The van der Waals surface area contributed by atoms with Gasteiger partial charge in [0.25, 0.3) is 6.29 Å². The van der Waals surface area contributed by atoms with E-state index in [4.69, 9.17) is 18.9 Å². The summed E-state index contributed by atoms with van der Waals surface area (Å²) in [5.74, 6) is -2.03. The minimum atomic E-state index is -1.52. The number of rotatable bonds is 55. The molecule has 9 heteroatoms. The van der Waals surface area contributed by atoms with Crippen LogP contribution in [0, 0.1) is 0 Å². The summed E-state index contributed by atoms with van der Waals surface area (Å²) in [6.45, 7) is 4.63. The Bertz CT molecular complexity index is 1670. The summed E-state index contributed by atoms with van der Waals surface area (Å²) in [7, 11) is 5.96. The van der Waals surface area contributed by atoms with Gasteiger partial charge in [0.15, 0.2) is 6.10 Å². The summed E-state index contributed by atoms with van der Waals surface area (Å²) in [6.07, 6.45) is 78.6. The first kappa shape index (κ1) is 72.7. The third kappa shape index (κ3) is 59.2. The van der Waals surface area contributed by atoms with E-state index in [0.717, 1.165) is 116 Å². The molecule has 77 heavy (non-hydrogen) atoms. The first-order valence-electron chi connectivity index (χ1n) is 30.7. The summed E-state index contributed by atoms with van der Waals surface area (Å²) in [4.78, 5) is 37.5. The minimum absolute atomic E-state index is 0.180. The molecule has 0 saturated heterocycles. The molecule has 0 aromatic heterocycles. The SMILES string of the molecule is CC/C=C\C/C=C\C/C=C\C/C=C\C/C=C\C/C=C\C/C=C\CCCCCCCCCCCCCCCC(=O)OC(COC(=O)CCCCCCCCC/C=C\C/C=C\C/C=C\CC)COC(OCC[N+](C)(C)C)C(=O)O. The van der Waals surface area contributed by atoms with Crippen molar-refractivity contribution in [3.8, 4) is 0 Å². The predicted octanol–water partition coefficient (Wildman–Crippen LogP) is 18.5. The molecule has 0 bridgehead atoms. The maximum atomic E-state index is 12.9. The highest BCUT2D eigenvalue weighted by atomic mass is 16.7. The van der Waals surface area contributed by atoms with Gasteiger partial charge in [0.05, 0.1) is 34.4 Å². The molecule has 0 saturated carbocycles. The van der Waals surface area contributed by atoms with Gasteiger partial charge in [-0.25, -0.2) is 4.79 Å². The Morgan fingerprint density at radius 1 is 0.390 bits per heavy atom. The summed E-state index contributed by atoms with van der Waals surface area (Å²) >= 11 is 0. The number of quaternary nitrogens is 1. The minimum Gasteiger partial charge on any atom is -0.477 e. The molecule has 0 spiro atoms. The lowest BCUT2D eigenvalue weighted by Crippen LogP contribution is -2.40. The molecular formula is C68H114NO8+. The van der Waals surface area contributed by atoms with Gasteiger partial charge in [0.2, 0.25) is 0 Å². The van der Waals surface area contributed by atoms with E-state index in [1.54, 1.807) is 0 Å². The van der Waals surface area contributed by atoms with Gasteiger partial charge in [-0.3, -0.25) is 9.59 Å². The van der Waals surface area contributed by atoms with Crippen molar-refractivity contribution in [3.05, 3.63) is 122 Å². The quantitative estimate of drug-likeness (QED) is 0.0211. The molecule has 438 valence electrons. The molecule has 0 aliphatic heterocycles. The van der Waals surface area contributed by atoms with Crippen LogP contribution in [0.25, 0.3) is 0 Å². The predicted molar refractivity (Wildman–Crippen MR) is 327 cm³/mol. The first-order chi connectivity index (χ1) is 37.6. The van der Waals surface area contributed by atoms with Crippen molar-refractivity contribution in [1.29, 1.82) is 0 Å². The lowest BCUT2D eigenvalue weighted by molar-refractivity contribution is -0.870. The third-order valence-electron chi connectivity index (χ3n) is 12.7. The number of carboxylic acids is 1. The molecule has 2 unspecified atom stereocenters. The molecule has 1 N–H and O–H groups in total. The monoisotopic (exact) mass is 1070 g/mol. The summed E-state index contributed by atoms with van der Waals surface area (Å²) < 4.78 is 22.9. The Balaban J connectivity index is 4.17. The van der Waals surface area contributed by atoms with Crippen molar-refractivity contribution < 1.29 is 42.9 Å². The Kier molecular flexibility index (Phi) is 54.6. The number of unbranched alkanes of at least 4 members (excludes halogenated alkanes) is 20. The number of carbonyl (C=O) groups excluding carboxylic acids is 2. The highest BCUT2D eigenvalue weighted by molar-refractivity contribution is 5.71. The second kappa shape index (κ2) is 57.9. The third-order valence-corrected chi connectivity index (χ3v) is 12.7. The molecule has 0 aliphatic carbocycles. The van der Waals surface area contributed by atoms with Crippen LogP contribution in [-0.2, 0) is 33.3 Å². The molecule has 9 nitrogen and oxygen atoms in total. The van der Waals surface area contributed by atoms with Gasteiger partial charge < -0.3 is 28.5 Å². The molecule has 0 aromatic carbocycles. The van der Waals surface area contributed by atoms with Gasteiger partial charge in [-0.1, -0.05) is 238 Å². The van der Waals surface area contributed by atoms with Gasteiger partial charge in [0.1, 0.15) is 13.2 Å². The summed E-state index contributed by atoms with van der Waals surface area (Å²) in [6, 6.07) is 0. The maximum Gasteiger partial charge on any atom is 0.361 e. The van der Waals surface area contributed by atoms with Crippen molar-refractivity contribution >= 4 is 17.9 Å². The number of hydrogen-bond donors (Lipinski definition) is 1. The molecule has 0 aromatic rings. The number of ether oxygens (including phenoxy) is 4. The standard InChI is InChI=1S/C68H113NO8/c1-6-8-10-12-14-16-18-20-22-24-25-26-27-28-29-30-31-32-33-34-35-36-37-38-39-40-41-43-45-47-49-51-53-55-57-59-66(71)77-64(63-76-68(67(72)73)74-61-60-69(3,4)5)62-75-65(70)58-56-54-52-50-48-46-44-42-23-21-19-17-15-13-11-9-7-2/h8-11,14-17,20-23,25-26,28-29,31-32,34-35,64,68H,6-7,12-13,18-19,24,27,30,33,36-63H2,1-5H3/p+1/b10-8-,11-9-,16-14-,17-15-,22-20-,23-21-,26-25-,29-28-,32-31-,35-34-. The van der Waals surface area contributed by atoms with Crippen molar-refractivity contribution in [3.63, 3.8) is 0 Å². The zero-order chi connectivity index (χ0) is 56.2. The highest BCUT2D eigenvalue weighted by Gasteiger charge is 2.25. The van der Waals surface area contributed by atoms with E-state index in [9.17, 15) is 19.5 Å². The first-order valence-corrected chi connectivity index (χ1v) is 30.7. The number of carbonyl (C=O) groups is 3. The average Bonchev–Trinajstić information content (AvgIpc) is 3.40. The Morgan fingerprint density at radius 3 is 1.04 bits per heavy atom. The van der Waals surface area contributed by atoms with Crippen molar-refractivity contribution in [1.82, 2.24) is 0 Å². The van der Waals surface area contributed by atoms with Gasteiger partial charge in [-0.05, 0) is 103 Å². The lowest BCUT2D eigenvalue weighted by atomic mass is 10.0. The topological polar surface area (TPSA) is 108 Å². The second-order valence-electron chi connectivity index (χ2n) is 21.2. The largest absolute Gasteiger partial charge is 0.477 e. The fourth-order valence-electron chi connectivity index (χ4n) is 8.07. The van der Waals surface area contributed by atoms with E-state index < -0.39 is 24.3 Å². The van der Waals surface area contributed by atoms with Gasteiger partial charge in [-0.2, -0.15) is 0 Å². The number of aliphatic carboxylic acids is 1. The van der Waals surface area contributed by atoms with Crippen molar-refractivity contribution in [2.45, 2.75) is 245 Å². The van der Waals surface area contributed by atoms with E-state index in [1.807, 2.05) is 21.1 Å². The highest BCUT2D eigenvalue weighted by Crippen LogP contribution is 2.16. The van der Waals surface area contributed by atoms with Crippen LogP contribution in [0.1, 0.15) is 232 Å². The summed E-state index contributed by atoms with van der Waals surface area (Å²) in [5, 5.41) is 9.71. The van der Waals surface area contributed by atoms with Crippen molar-refractivity contribution in [2.75, 3.05) is 47.5 Å². The number of hydrogen-bond acceptors (Lipinski definition) is 7. The Hall–Kier alpha value is -4.31. The number of carboxylic acid groups (broad SMARTS) is 1. The fraction of sp³-hybridized carbons (Fsp3) is 0.662. The van der Waals surface area contributed by atoms with Gasteiger partial charge in [-0.15, -0.1) is 0 Å². The number of allylic oxidation sites excluding steroid dienone is 20. The molecule has 0 radical (unpaired) electrons. The average molecular weight is 1070 g/mol. The number of esters is 2. The maximum absolute atomic E-state index is 12.9. The fourth-order valence-corrected chi connectivity index (χ4v) is 8.07. The number of likely N-dealkylation sites (N-methyl/N-ethyl adjacent to an activating group) is 1. The zero-order valence-corrected chi connectivity index (χ0v) is 49.8. The van der Waals surface area contributed by atoms with Crippen LogP contribution < -0.4 is 0 Å². The second-order valence-corrected chi connectivity index (χ2v) is 21.2. The van der Waals surface area contributed by atoms with Crippen LogP contribution >= 0.6 is 0 Å². The van der Waals surface area contributed by atoms with E-state index in [-0.39, 0.29) is 38.6 Å². The van der Waals surface area contributed by atoms with Crippen LogP contribution in [0.2, 0.25) is 0 Å².